The number of hydrogen-bond acceptors (Lipinski definition) is 2. The largest absolute Gasteiger partial charge is 0.423 e. The fourth-order valence-corrected chi connectivity index (χ4v) is 1.51. The summed E-state index contributed by atoms with van der Waals surface area (Å²) >= 11 is 0. The molecule has 0 spiro atoms. The minimum Gasteiger partial charge on any atom is -0.423 e. The number of alkyl halides is 3. The van der Waals surface area contributed by atoms with Crippen molar-refractivity contribution in [3.8, 4) is 0 Å². The van der Waals surface area contributed by atoms with Crippen LogP contribution in [0.2, 0.25) is 0 Å². The SMILES string of the molecule is Cc1ccc2oc(=O)cc(C(F)(F)F)c2c1. The van der Waals surface area contributed by atoms with Crippen molar-refractivity contribution in [2.24, 2.45) is 0 Å². The molecule has 16 heavy (non-hydrogen) atoms. The van der Waals surface area contributed by atoms with E-state index in [4.69, 9.17) is 4.42 Å². The van der Waals surface area contributed by atoms with Gasteiger partial charge < -0.3 is 4.42 Å². The van der Waals surface area contributed by atoms with E-state index >= 15 is 0 Å². The van der Waals surface area contributed by atoms with Gasteiger partial charge in [-0.05, 0) is 19.1 Å². The van der Waals surface area contributed by atoms with Gasteiger partial charge in [-0.2, -0.15) is 13.2 Å². The maximum atomic E-state index is 12.6. The van der Waals surface area contributed by atoms with Gasteiger partial charge in [-0.25, -0.2) is 4.79 Å². The van der Waals surface area contributed by atoms with Crippen LogP contribution < -0.4 is 5.63 Å². The molecule has 0 aliphatic carbocycles. The molecular formula is C11H7F3O2. The van der Waals surface area contributed by atoms with Gasteiger partial charge in [0.2, 0.25) is 0 Å². The Morgan fingerprint density at radius 2 is 1.88 bits per heavy atom. The lowest BCUT2D eigenvalue weighted by molar-refractivity contribution is -0.136. The normalized spacial score (nSPS) is 12.0. The monoisotopic (exact) mass is 228 g/mol. The highest BCUT2D eigenvalue weighted by molar-refractivity contribution is 5.81. The molecule has 0 saturated heterocycles. The Labute approximate surface area is 88.3 Å². The molecule has 1 aromatic heterocycles. The number of hydrogen-bond donors (Lipinski definition) is 0. The third kappa shape index (κ3) is 1.80. The van der Waals surface area contributed by atoms with E-state index in [1.165, 1.54) is 12.1 Å². The zero-order valence-electron chi connectivity index (χ0n) is 8.26. The summed E-state index contributed by atoms with van der Waals surface area (Å²) < 4.78 is 42.6. The van der Waals surface area contributed by atoms with Crippen LogP contribution in [0.3, 0.4) is 0 Å². The van der Waals surface area contributed by atoms with Crippen LogP contribution in [0.1, 0.15) is 11.1 Å². The highest BCUT2D eigenvalue weighted by Crippen LogP contribution is 2.33. The first-order valence-corrected chi connectivity index (χ1v) is 4.49. The van der Waals surface area contributed by atoms with Gasteiger partial charge in [0, 0.05) is 11.5 Å². The first kappa shape index (κ1) is 10.7. The predicted octanol–water partition coefficient (Wildman–Crippen LogP) is 3.12. The van der Waals surface area contributed by atoms with Crippen molar-refractivity contribution in [1.82, 2.24) is 0 Å². The third-order valence-electron chi connectivity index (χ3n) is 2.20. The van der Waals surface area contributed by atoms with Crippen molar-refractivity contribution in [2.45, 2.75) is 13.1 Å². The van der Waals surface area contributed by atoms with Gasteiger partial charge in [0.15, 0.2) is 0 Å². The standard InChI is InChI=1S/C11H7F3O2/c1-6-2-3-9-7(4-6)8(11(12,13)14)5-10(15)16-9/h2-5H,1H3. The highest BCUT2D eigenvalue weighted by Gasteiger charge is 2.33. The molecule has 0 fully saturated rings. The van der Waals surface area contributed by atoms with E-state index < -0.39 is 17.4 Å². The summed E-state index contributed by atoms with van der Waals surface area (Å²) in [6.07, 6.45) is -4.55. The summed E-state index contributed by atoms with van der Waals surface area (Å²) in [5.74, 6) is 0. The van der Waals surface area contributed by atoms with Crippen LogP contribution in [0.15, 0.2) is 33.5 Å². The molecule has 0 aliphatic heterocycles. The Morgan fingerprint density at radius 3 is 2.50 bits per heavy atom. The van der Waals surface area contributed by atoms with Crippen LogP contribution in [-0.2, 0) is 6.18 Å². The Kier molecular flexibility index (Phi) is 2.26. The summed E-state index contributed by atoms with van der Waals surface area (Å²) in [4.78, 5) is 11.0. The van der Waals surface area contributed by atoms with Crippen LogP contribution in [0.4, 0.5) is 13.2 Å². The summed E-state index contributed by atoms with van der Waals surface area (Å²) in [7, 11) is 0. The number of halogens is 3. The molecule has 1 heterocycles. The quantitative estimate of drug-likeness (QED) is 0.648. The number of aryl methyl sites for hydroxylation is 1. The number of benzene rings is 1. The highest BCUT2D eigenvalue weighted by atomic mass is 19.4. The molecule has 0 amide bonds. The Morgan fingerprint density at radius 1 is 1.19 bits per heavy atom. The molecule has 5 heteroatoms. The molecule has 84 valence electrons. The van der Waals surface area contributed by atoms with E-state index in [1.807, 2.05) is 0 Å². The van der Waals surface area contributed by atoms with Crippen molar-refractivity contribution in [3.63, 3.8) is 0 Å². The van der Waals surface area contributed by atoms with Crippen molar-refractivity contribution < 1.29 is 17.6 Å². The molecule has 2 nitrogen and oxygen atoms in total. The van der Waals surface area contributed by atoms with Gasteiger partial charge in [-0.15, -0.1) is 0 Å². The molecule has 0 saturated carbocycles. The van der Waals surface area contributed by atoms with E-state index in [0.29, 0.717) is 11.6 Å². The molecule has 1 aromatic carbocycles. The second-order valence-electron chi connectivity index (χ2n) is 3.48. The van der Waals surface area contributed by atoms with Crippen LogP contribution in [0.5, 0.6) is 0 Å². The van der Waals surface area contributed by atoms with E-state index in [-0.39, 0.29) is 11.0 Å². The average Bonchev–Trinajstić information content (AvgIpc) is 2.16. The molecule has 0 radical (unpaired) electrons. The predicted molar refractivity (Wildman–Crippen MR) is 52.2 cm³/mol. The topological polar surface area (TPSA) is 30.2 Å². The Bertz CT molecular complexity index is 596. The van der Waals surface area contributed by atoms with Crippen LogP contribution in [0, 0.1) is 6.92 Å². The van der Waals surface area contributed by atoms with E-state index in [0.717, 1.165) is 0 Å². The first-order valence-electron chi connectivity index (χ1n) is 4.49. The minimum atomic E-state index is -4.55. The lowest BCUT2D eigenvalue weighted by Crippen LogP contribution is -2.10. The Balaban J connectivity index is 2.91. The van der Waals surface area contributed by atoms with Crippen LogP contribution >= 0.6 is 0 Å². The van der Waals surface area contributed by atoms with Crippen molar-refractivity contribution >= 4 is 11.0 Å². The van der Waals surface area contributed by atoms with E-state index in [9.17, 15) is 18.0 Å². The third-order valence-corrected chi connectivity index (χ3v) is 2.20. The molecule has 2 rings (SSSR count). The average molecular weight is 228 g/mol. The lowest BCUT2D eigenvalue weighted by atomic mass is 10.1. The molecule has 0 atom stereocenters. The molecule has 2 aromatic rings. The van der Waals surface area contributed by atoms with Crippen molar-refractivity contribution in [3.05, 3.63) is 45.8 Å². The smallest absolute Gasteiger partial charge is 0.417 e. The molecular weight excluding hydrogens is 221 g/mol. The summed E-state index contributed by atoms with van der Waals surface area (Å²) in [5.41, 5.74) is -1.33. The minimum absolute atomic E-state index is 0.0505. The van der Waals surface area contributed by atoms with Crippen molar-refractivity contribution in [1.29, 1.82) is 0 Å². The zero-order valence-corrected chi connectivity index (χ0v) is 8.26. The first-order chi connectivity index (χ1) is 7.38. The van der Waals surface area contributed by atoms with Crippen LogP contribution in [0.25, 0.3) is 11.0 Å². The van der Waals surface area contributed by atoms with Gasteiger partial charge in [-0.3, -0.25) is 0 Å². The fraction of sp³-hybridized carbons (Fsp3) is 0.182. The number of rotatable bonds is 0. The maximum Gasteiger partial charge on any atom is 0.417 e. The van der Waals surface area contributed by atoms with Gasteiger partial charge in [0.05, 0.1) is 5.56 Å². The van der Waals surface area contributed by atoms with E-state index in [1.54, 1.807) is 13.0 Å². The maximum absolute atomic E-state index is 12.6. The van der Waals surface area contributed by atoms with Crippen molar-refractivity contribution in [2.75, 3.05) is 0 Å². The summed E-state index contributed by atoms with van der Waals surface area (Å²) in [6, 6.07) is 4.77. The summed E-state index contributed by atoms with van der Waals surface area (Å²) in [5, 5.41) is -0.0906. The van der Waals surface area contributed by atoms with Gasteiger partial charge >= 0.3 is 11.8 Å². The van der Waals surface area contributed by atoms with Crippen LogP contribution in [-0.4, -0.2) is 0 Å². The second kappa shape index (κ2) is 3.37. The molecule has 0 N–H and O–H groups in total. The zero-order chi connectivity index (χ0) is 11.9. The molecule has 0 unspecified atom stereocenters. The summed E-state index contributed by atoms with van der Waals surface area (Å²) in [6.45, 7) is 1.67. The molecule has 0 aliphatic rings. The van der Waals surface area contributed by atoms with E-state index in [2.05, 4.69) is 0 Å². The number of fused-ring (bicyclic) bond motifs is 1. The second-order valence-corrected chi connectivity index (χ2v) is 3.48. The Hall–Kier alpha value is -1.78. The van der Waals surface area contributed by atoms with Gasteiger partial charge in [-0.1, -0.05) is 11.6 Å². The van der Waals surface area contributed by atoms with Gasteiger partial charge in [0.25, 0.3) is 0 Å². The lowest BCUT2D eigenvalue weighted by Gasteiger charge is -2.09. The molecule has 0 bridgehead atoms. The fourth-order valence-electron chi connectivity index (χ4n) is 1.51. The van der Waals surface area contributed by atoms with Gasteiger partial charge in [0.1, 0.15) is 5.58 Å².